The van der Waals surface area contributed by atoms with Crippen molar-refractivity contribution in [2.24, 2.45) is 0 Å². The Hall–Kier alpha value is -3.10. The summed E-state index contributed by atoms with van der Waals surface area (Å²) in [5.41, 5.74) is -0.0781. The molecule has 0 radical (unpaired) electrons. The maximum atomic E-state index is 12.8. The normalized spacial score (nSPS) is 13.9. The molecule has 8 nitrogen and oxygen atoms in total. The third kappa shape index (κ3) is 4.87. The molecular weight excluding hydrogens is 453 g/mol. The smallest absolute Gasteiger partial charge is 0.331 e. The molecule has 1 amide bonds. The Morgan fingerprint density at radius 1 is 1.00 bits per heavy atom. The molecule has 4 rings (SSSR count). The topological polar surface area (TPSA) is 80.4 Å². The van der Waals surface area contributed by atoms with Crippen molar-refractivity contribution in [1.29, 1.82) is 0 Å². The van der Waals surface area contributed by atoms with Crippen LogP contribution in [0.1, 0.15) is 5.56 Å². The largest absolute Gasteiger partial charge is 0.352 e. The number of amides is 1. The minimum atomic E-state index is -0.509. The zero-order valence-electron chi connectivity index (χ0n) is 17.2. The zero-order valence-corrected chi connectivity index (χ0v) is 18.7. The van der Waals surface area contributed by atoms with Gasteiger partial charge >= 0.3 is 5.69 Å². The van der Waals surface area contributed by atoms with Crippen LogP contribution in [0.4, 0.5) is 5.82 Å². The summed E-state index contributed by atoms with van der Waals surface area (Å²) in [5.74, 6) is 0.336. The molecule has 1 aliphatic rings. The Morgan fingerprint density at radius 3 is 2.41 bits per heavy atom. The monoisotopic (exact) mass is 473 g/mol. The maximum absolute atomic E-state index is 12.8. The molecule has 1 aliphatic heterocycles. The fourth-order valence-electron chi connectivity index (χ4n) is 3.65. The van der Waals surface area contributed by atoms with Crippen LogP contribution in [0.2, 0.25) is 10.0 Å². The summed E-state index contributed by atoms with van der Waals surface area (Å²) >= 11 is 12.1. The van der Waals surface area contributed by atoms with E-state index in [2.05, 4.69) is 4.98 Å². The number of piperazine rings is 1. The molecule has 0 saturated carbocycles. The van der Waals surface area contributed by atoms with Crippen LogP contribution in [0.3, 0.4) is 0 Å². The molecule has 0 spiro atoms. The summed E-state index contributed by atoms with van der Waals surface area (Å²) < 4.78 is 2.41. The summed E-state index contributed by atoms with van der Waals surface area (Å²) in [4.78, 5) is 45.9. The molecule has 0 N–H and O–H groups in total. The van der Waals surface area contributed by atoms with Crippen molar-refractivity contribution in [1.82, 2.24) is 19.0 Å². The highest BCUT2D eigenvalue weighted by atomic mass is 35.5. The van der Waals surface area contributed by atoms with Gasteiger partial charge < -0.3 is 9.80 Å². The predicted molar refractivity (Wildman–Crippen MR) is 124 cm³/mol. The van der Waals surface area contributed by atoms with Crippen molar-refractivity contribution in [2.75, 3.05) is 31.1 Å². The van der Waals surface area contributed by atoms with Gasteiger partial charge in [-0.15, -0.1) is 0 Å². The number of rotatable bonds is 5. The Balaban J connectivity index is 1.44. The number of carbonyl (C=O) groups is 1. The lowest BCUT2D eigenvalue weighted by Crippen LogP contribution is -2.51. The van der Waals surface area contributed by atoms with E-state index in [0.717, 1.165) is 10.1 Å². The Bertz CT molecular complexity index is 1230. The van der Waals surface area contributed by atoms with Crippen LogP contribution >= 0.6 is 23.2 Å². The van der Waals surface area contributed by atoms with E-state index in [4.69, 9.17) is 23.2 Å². The summed E-state index contributed by atoms with van der Waals surface area (Å²) in [6.07, 6.45) is 2.99. The molecule has 0 atom stereocenters. The molecule has 0 aliphatic carbocycles. The van der Waals surface area contributed by atoms with E-state index in [0.29, 0.717) is 48.6 Å². The highest BCUT2D eigenvalue weighted by Crippen LogP contribution is 2.26. The lowest BCUT2D eigenvalue weighted by atomic mass is 10.2. The molecular formula is C22H21Cl2N5O3. The van der Waals surface area contributed by atoms with Crippen LogP contribution < -0.4 is 16.1 Å². The molecule has 3 heterocycles. The number of aromatic nitrogens is 3. The highest BCUT2D eigenvalue weighted by molar-refractivity contribution is 6.36. The van der Waals surface area contributed by atoms with Crippen LogP contribution in [0.25, 0.3) is 0 Å². The van der Waals surface area contributed by atoms with E-state index >= 15 is 0 Å². The van der Waals surface area contributed by atoms with E-state index in [1.807, 2.05) is 35.2 Å². The Kier molecular flexibility index (Phi) is 6.62. The first-order valence-electron chi connectivity index (χ1n) is 10.1. The quantitative estimate of drug-likeness (QED) is 0.566. The highest BCUT2D eigenvalue weighted by Gasteiger charge is 2.24. The Morgan fingerprint density at radius 2 is 1.72 bits per heavy atom. The minimum Gasteiger partial charge on any atom is -0.352 e. The number of pyridine rings is 1. The van der Waals surface area contributed by atoms with Crippen molar-refractivity contribution >= 4 is 34.9 Å². The first-order chi connectivity index (χ1) is 15.4. The molecule has 1 aromatic carbocycles. The Labute approximate surface area is 194 Å². The third-order valence-electron chi connectivity index (χ3n) is 5.35. The van der Waals surface area contributed by atoms with Gasteiger partial charge in [-0.2, -0.15) is 0 Å². The molecule has 0 bridgehead atoms. The molecule has 166 valence electrons. The number of hydrogen-bond donors (Lipinski definition) is 0. The lowest BCUT2D eigenvalue weighted by molar-refractivity contribution is -0.132. The van der Waals surface area contributed by atoms with Crippen molar-refractivity contribution in [3.8, 4) is 0 Å². The molecule has 1 fully saturated rings. The number of anilines is 1. The van der Waals surface area contributed by atoms with Crippen LogP contribution in [0.5, 0.6) is 0 Å². The summed E-state index contributed by atoms with van der Waals surface area (Å²) in [6, 6.07) is 12.4. The average Bonchev–Trinajstić information content (AvgIpc) is 2.79. The first kappa shape index (κ1) is 22.1. The van der Waals surface area contributed by atoms with E-state index in [1.165, 1.54) is 23.0 Å². The van der Waals surface area contributed by atoms with Crippen molar-refractivity contribution < 1.29 is 4.79 Å². The number of benzene rings is 1. The van der Waals surface area contributed by atoms with Gasteiger partial charge in [0.25, 0.3) is 5.56 Å². The van der Waals surface area contributed by atoms with Gasteiger partial charge in [0.1, 0.15) is 12.4 Å². The zero-order chi connectivity index (χ0) is 22.7. The molecule has 3 aromatic rings. The maximum Gasteiger partial charge on any atom is 0.331 e. The van der Waals surface area contributed by atoms with Crippen molar-refractivity contribution in [2.45, 2.75) is 13.1 Å². The van der Waals surface area contributed by atoms with Gasteiger partial charge in [0, 0.05) is 44.6 Å². The summed E-state index contributed by atoms with van der Waals surface area (Å²) in [5, 5.41) is 0.908. The van der Waals surface area contributed by atoms with Gasteiger partial charge in [-0.05, 0) is 11.6 Å². The van der Waals surface area contributed by atoms with Crippen LogP contribution in [-0.2, 0) is 17.9 Å². The van der Waals surface area contributed by atoms with E-state index < -0.39 is 11.2 Å². The average molecular weight is 474 g/mol. The fourth-order valence-corrected chi connectivity index (χ4v) is 4.15. The first-order valence-corrected chi connectivity index (χ1v) is 10.9. The molecule has 0 unspecified atom stereocenters. The second kappa shape index (κ2) is 9.58. The van der Waals surface area contributed by atoms with Crippen molar-refractivity contribution in [3.63, 3.8) is 0 Å². The third-order valence-corrected chi connectivity index (χ3v) is 5.83. The van der Waals surface area contributed by atoms with Crippen LogP contribution in [-0.4, -0.2) is 51.1 Å². The summed E-state index contributed by atoms with van der Waals surface area (Å²) in [6.45, 7) is 1.94. The van der Waals surface area contributed by atoms with Gasteiger partial charge in [0.15, 0.2) is 0 Å². The summed E-state index contributed by atoms with van der Waals surface area (Å²) in [7, 11) is 0. The molecule has 32 heavy (non-hydrogen) atoms. The van der Waals surface area contributed by atoms with Gasteiger partial charge in [0.2, 0.25) is 5.91 Å². The number of hydrogen-bond acceptors (Lipinski definition) is 5. The van der Waals surface area contributed by atoms with Gasteiger partial charge in [0.05, 0.1) is 16.6 Å². The second-order valence-electron chi connectivity index (χ2n) is 7.46. The van der Waals surface area contributed by atoms with Gasteiger partial charge in [-0.25, -0.2) is 9.78 Å². The standard InChI is InChI=1S/C22H21Cl2N5O3/c23-17-12-18(24)21(25-13-17)27-10-8-26(9-11-27)20(31)15-29-19(30)6-7-28(22(29)32)14-16-4-2-1-3-5-16/h1-7,12-13H,8-11,14-15H2. The molecule has 10 heteroatoms. The molecule has 1 saturated heterocycles. The van der Waals surface area contributed by atoms with E-state index in [9.17, 15) is 14.4 Å². The predicted octanol–water partition coefficient (Wildman–Crippen LogP) is 2.11. The number of nitrogens with zero attached hydrogens (tertiary/aromatic N) is 5. The van der Waals surface area contributed by atoms with E-state index in [-0.39, 0.29) is 12.5 Å². The lowest BCUT2D eigenvalue weighted by Gasteiger charge is -2.35. The SMILES string of the molecule is O=C(Cn1c(=O)ccn(Cc2ccccc2)c1=O)N1CCN(c2ncc(Cl)cc2Cl)CC1. The fraction of sp³-hybridized carbons (Fsp3) is 0.273. The number of carbonyl (C=O) groups excluding carboxylic acids is 1. The van der Waals surface area contributed by atoms with Crippen LogP contribution in [0.15, 0.2) is 64.4 Å². The van der Waals surface area contributed by atoms with Gasteiger partial charge in [-0.3, -0.25) is 18.7 Å². The number of halogens is 2. The van der Waals surface area contributed by atoms with Crippen molar-refractivity contribution in [3.05, 3.63) is 91.3 Å². The molecule has 2 aromatic heterocycles. The second-order valence-corrected chi connectivity index (χ2v) is 8.31. The van der Waals surface area contributed by atoms with E-state index in [1.54, 1.807) is 11.0 Å². The minimum absolute atomic E-state index is 0.281. The van der Waals surface area contributed by atoms with Crippen LogP contribution in [0, 0.1) is 0 Å². The van der Waals surface area contributed by atoms with Gasteiger partial charge in [-0.1, -0.05) is 53.5 Å².